The van der Waals surface area contributed by atoms with Gasteiger partial charge in [0, 0.05) is 71.5 Å². The number of amides is 2. The third-order valence-corrected chi connectivity index (χ3v) is 7.14. The van der Waals surface area contributed by atoms with E-state index in [1.807, 2.05) is 4.90 Å². The van der Waals surface area contributed by atoms with Crippen LogP contribution in [0.3, 0.4) is 0 Å². The number of hydrogen-bond acceptors (Lipinski definition) is 5. The van der Waals surface area contributed by atoms with Crippen LogP contribution in [-0.4, -0.2) is 97.5 Å². The van der Waals surface area contributed by atoms with Gasteiger partial charge in [0.05, 0.1) is 0 Å². The molecule has 3 aliphatic rings. The van der Waals surface area contributed by atoms with Crippen LogP contribution in [0.1, 0.15) is 12.5 Å². The maximum atomic E-state index is 14.1. The molecule has 1 aromatic rings. The summed E-state index contributed by atoms with van der Waals surface area (Å²) in [6, 6.07) is 4.50. The molecule has 0 aliphatic carbocycles. The summed E-state index contributed by atoms with van der Waals surface area (Å²) in [6.07, 6.45) is -17.3. The van der Waals surface area contributed by atoms with E-state index in [4.69, 9.17) is 0 Å². The number of carbonyl (C=O) groups is 2. The maximum Gasteiger partial charge on any atom is 0.434 e. The number of carbonyl (C=O) groups excluding carboxylic acids is 2. The first-order valence-electron chi connectivity index (χ1n) is 11.8. The summed E-state index contributed by atoms with van der Waals surface area (Å²) in [4.78, 5) is 30.4. The molecule has 4 rings (SSSR count). The lowest BCUT2D eigenvalue weighted by atomic mass is 10.0. The van der Waals surface area contributed by atoms with Crippen LogP contribution >= 0.6 is 0 Å². The fourth-order valence-electron chi connectivity index (χ4n) is 5.33. The van der Waals surface area contributed by atoms with E-state index in [-0.39, 0.29) is 30.8 Å². The molecular weight excluding hydrogens is 513 g/mol. The summed E-state index contributed by atoms with van der Waals surface area (Å²) in [5.74, 6) is -0.680. The molecule has 0 aromatic heterocycles. The van der Waals surface area contributed by atoms with E-state index in [0.29, 0.717) is 45.8 Å². The third kappa shape index (κ3) is 6.21. The molecule has 0 spiro atoms. The molecule has 2 atom stereocenters. The minimum Gasteiger partial charge on any atom is -0.426 e. The number of hydrogen-bond donors (Lipinski definition) is 0. The smallest absolute Gasteiger partial charge is 0.426 e. The summed E-state index contributed by atoms with van der Waals surface area (Å²) >= 11 is 0. The molecule has 3 saturated heterocycles. The van der Waals surface area contributed by atoms with Gasteiger partial charge in [0.1, 0.15) is 5.82 Å². The van der Waals surface area contributed by atoms with E-state index in [1.165, 1.54) is 19.1 Å². The first-order chi connectivity index (χ1) is 17.2. The van der Waals surface area contributed by atoms with Gasteiger partial charge < -0.3 is 19.4 Å². The Morgan fingerprint density at radius 2 is 1.49 bits per heavy atom. The highest BCUT2D eigenvalue weighted by Crippen LogP contribution is 2.38. The second-order valence-electron chi connectivity index (χ2n) is 9.73. The fourth-order valence-corrected chi connectivity index (χ4v) is 5.33. The quantitative estimate of drug-likeness (QED) is 0.548. The highest BCUT2D eigenvalue weighted by molar-refractivity contribution is 5.73. The molecule has 1 aromatic carbocycles. The van der Waals surface area contributed by atoms with E-state index in [9.17, 15) is 40.3 Å². The Morgan fingerprint density at radius 1 is 0.919 bits per heavy atom. The molecule has 2 amide bonds. The van der Waals surface area contributed by atoms with Crippen molar-refractivity contribution in [2.45, 2.75) is 31.9 Å². The van der Waals surface area contributed by atoms with Crippen LogP contribution < -0.4 is 4.90 Å². The predicted molar refractivity (Wildman–Crippen MR) is 117 cm³/mol. The van der Waals surface area contributed by atoms with Crippen molar-refractivity contribution in [2.24, 2.45) is 11.8 Å². The Hall–Kier alpha value is -2.77. The summed E-state index contributed by atoms with van der Waals surface area (Å²) in [5.41, 5.74) is 1.59. The Labute approximate surface area is 208 Å². The molecule has 0 bridgehead atoms. The van der Waals surface area contributed by atoms with Crippen molar-refractivity contribution in [3.8, 4) is 0 Å². The van der Waals surface area contributed by atoms with Crippen molar-refractivity contribution in [3.63, 3.8) is 0 Å². The van der Waals surface area contributed by atoms with Crippen molar-refractivity contribution in [1.29, 1.82) is 0 Å². The van der Waals surface area contributed by atoms with E-state index in [1.54, 1.807) is 11.0 Å². The number of nitrogens with zero attached hydrogens (tertiary/aromatic N) is 4. The van der Waals surface area contributed by atoms with Crippen LogP contribution in [-0.2, 0) is 16.1 Å². The fraction of sp³-hybridized carbons (Fsp3) is 0.652. The van der Waals surface area contributed by atoms with Crippen molar-refractivity contribution in [3.05, 3.63) is 29.6 Å². The first kappa shape index (κ1) is 27.3. The van der Waals surface area contributed by atoms with Gasteiger partial charge in [0.2, 0.25) is 5.91 Å². The monoisotopic (exact) mass is 540 g/mol. The van der Waals surface area contributed by atoms with Gasteiger partial charge in [-0.2, -0.15) is 26.3 Å². The van der Waals surface area contributed by atoms with Crippen molar-refractivity contribution in [1.82, 2.24) is 14.7 Å². The SMILES string of the molecule is CC(=O)N1CCN(c2cc(F)ccc2CN2CC3CN(C(=O)OC(C(F)(F)F)C(F)(F)F)CC3C2)CC1. The summed E-state index contributed by atoms with van der Waals surface area (Å²) < 4.78 is 94.3. The zero-order valence-electron chi connectivity index (χ0n) is 20.0. The number of benzene rings is 1. The number of ether oxygens (including phenoxy) is 1. The summed E-state index contributed by atoms with van der Waals surface area (Å²) in [5, 5.41) is 0. The molecule has 3 fully saturated rings. The molecule has 0 N–H and O–H groups in total. The van der Waals surface area contributed by atoms with Crippen LogP contribution in [0.5, 0.6) is 0 Å². The van der Waals surface area contributed by atoms with E-state index in [2.05, 4.69) is 9.64 Å². The summed E-state index contributed by atoms with van der Waals surface area (Å²) in [7, 11) is 0. The van der Waals surface area contributed by atoms with Gasteiger partial charge in [-0.15, -0.1) is 0 Å². The second-order valence-corrected chi connectivity index (χ2v) is 9.73. The Bertz CT molecular complexity index is 983. The van der Waals surface area contributed by atoms with Crippen LogP contribution in [0.25, 0.3) is 0 Å². The summed E-state index contributed by atoms with van der Waals surface area (Å²) in [6.45, 7) is 5.05. The Balaban J connectivity index is 1.35. The number of fused-ring (bicyclic) bond motifs is 1. The molecule has 7 nitrogen and oxygen atoms in total. The average molecular weight is 540 g/mol. The Kier molecular flexibility index (Phi) is 7.50. The average Bonchev–Trinajstić information content (AvgIpc) is 3.36. The van der Waals surface area contributed by atoms with E-state index < -0.39 is 30.4 Å². The van der Waals surface area contributed by atoms with Crippen LogP contribution in [0.15, 0.2) is 18.2 Å². The lowest BCUT2D eigenvalue weighted by molar-refractivity contribution is -0.308. The second kappa shape index (κ2) is 10.2. The molecule has 0 saturated carbocycles. The number of anilines is 1. The van der Waals surface area contributed by atoms with Crippen molar-refractivity contribution < 1.29 is 45.1 Å². The number of likely N-dealkylation sites (tertiary alicyclic amines) is 2. The topological polar surface area (TPSA) is 56.3 Å². The highest BCUT2D eigenvalue weighted by Gasteiger charge is 2.60. The zero-order chi connectivity index (χ0) is 27.1. The zero-order valence-corrected chi connectivity index (χ0v) is 20.0. The van der Waals surface area contributed by atoms with Gasteiger partial charge >= 0.3 is 18.4 Å². The highest BCUT2D eigenvalue weighted by atomic mass is 19.4. The van der Waals surface area contributed by atoms with E-state index >= 15 is 0 Å². The van der Waals surface area contributed by atoms with Gasteiger partial charge in [0.25, 0.3) is 6.10 Å². The normalized spacial score (nSPS) is 23.1. The lowest BCUT2D eigenvalue weighted by Crippen LogP contribution is -2.48. The number of piperazine rings is 1. The third-order valence-electron chi connectivity index (χ3n) is 7.14. The van der Waals surface area contributed by atoms with E-state index in [0.717, 1.165) is 16.2 Å². The molecule has 14 heteroatoms. The van der Waals surface area contributed by atoms with Gasteiger partial charge in [0.15, 0.2) is 0 Å². The van der Waals surface area contributed by atoms with Crippen molar-refractivity contribution in [2.75, 3.05) is 57.3 Å². The minimum atomic E-state index is -5.76. The molecular formula is C23H27F7N4O3. The van der Waals surface area contributed by atoms with Crippen LogP contribution in [0.4, 0.5) is 41.2 Å². The van der Waals surface area contributed by atoms with Crippen LogP contribution in [0, 0.1) is 17.7 Å². The Morgan fingerprint density at radius 3 is 2.00 bits per heavy atom. The largest absolute Gasteiger partial charge is 0.434 e. The first-order valence-corrected chi connectivity index (χ1v) is 11.8. The predicted octanol–water partition coefficient (Wildman–Crippen LogP) is 3.49. The molecule has 206 valence electrons. The maximum absolute atomic E-state index is 14.1. The van der Waals surface area contributed by atoms with Crippen molar-refractivity contribution >= 4 is 17.7 Å². The molecule has 2 unspecified atom stereocenters. The molecule has 3 aliphatic heterocycles. The molecule has 3 heterocycles. The molecule has 37 heavy (non-hydrogen) atoms. The number of halogens is 7. The van der Waals surface area contributed by atoms with Gasteiger partial charge in [-0.3, -0.25) is 9.69 Å². The van der Waals surface area contributed by atoms with Gasteiger partial charge in [-0.05, 0) is 29.5 Å². The number of rotatable bonds is 4. The minimum absolute atomic E-state index is 0.00822. The lowest BCUT2D eigenvalue weighted by Gasteiger charge is -2.37. The van der Waals surface area contributed by atoms with Gasteiger partial charge in [-0.1, -0.05) is 6.07 Å². The standard InChI is InChI=1S/C23H27F7N4O3/c1-14(35)32-4-6-33(7-5-32)19-8-18(24)3-2-15(19)9-31-10-16-12-34(13-17(16)11-31)21(36)37-20(22(25,26)27)23(28,29)30/h2-3,8,16-17,20H,4-7,9-13H2,1H3. The van der Waals surface area contributed by atoms with Crippen LogP contribution in [0.2, 0.25) is 0 Å². The number of alkyl halides is 6. The molecule has 0 radical (unpaired) electrons. The van der Waals surface area contributed by atoms with Gasteiger partial charge in [-0.25, -0.2) is 9.18 Å².